The Hall–Kier alpha value is -1.15. The van der Waals surface area contributed by atoms with E-state index in [0.717, 1.165) is 18.0 Å². The van der Waals surface area contributed by atoms with E-state index < -0.39 is 10.0 Å². The molecule has 1 aliphatic heterocycles. The molecule has 1 atom stereocenters. The van der Waals surface area contributed by atoms with Gasteiger partial charge in [-0.25, -0.2) is 13.4 Å². The molecule has 1 aromatic carbocycles. The molecule has 0 amide bonds. The van der Waals surface area contributed by atoms with Crippen LogP contribution in [0.4, 0.5) is 5.13 Å². The SMILES string of the molecule is CC1CCCCN1Cc1cnc(NS(=O)(=O)c2ccc(Cl)cc2)s1. The van der Waals surface area contributed by atoms with Gasteiger partial charge >= 0.3 is 0 Å². The summed E-state index contributed by atoms with van der Waals surface area (Å²) in [5, 5.41) is 0.894. The molecule has 130 valence electrons. The minimum absolute atomic E-state index is 0.174. The molecule has 1 aliphatic rings. The molecule has 2 aromatic rings. The average Bonchev–Trinajstić information content (AvgIpc) is 2.96. The van der Waals surface area contributed by atoms with Crippen LogP contribution in [0.2, 0.25) is 5.02 Å². The molecule has 5 nitrogen and oxygen atoms in total. The fourth-order valence-corrected chi connectivity index (χ4v) is 5.01. The first-order chi connectivity index (χ1) is 11.4. The number of aromatic nitrogens is 1. The molecule has 0 radical (unpaired) electrons. The van der Waals surface area contributed by atoms with E-state index >= 15 is 0 Å². The second-order valence-corrected chi connectivity index (χ2v) is 9.24. The number of anilines is 1. The van der Waals surface area contributed by atoms with Crippen LogP contribution in [-0.2, 0) is 16.6 Å². The molecule has 3 rings (SSSR count). The third-order valence-electron chi connectivity index (χ3n) is 4.20. The maximum atomic E-state index is 12.4. The van der Waals surface area contributed by atoms with Crippen molar-refractivity contribution in [3.63, 3.8) is 0 Å². The second-order valence-electron chi connectivity index (χ2n) is 6.01. The topological polar surface area (TPSA) is 62.3 Å². The van der Waals surface area contributed by atoms with Gasteiger partial charge in [-0.3, -0.25) is 9.62 Å². The van der Waals surface area contributed by atoms with Crippen LogP contribution >= 0.6 is 22.9 Å². The molecule has 0 spiro atoms. The van der Waals surface area contributed by atoms with Crippen LogP contribution in [0.3, 0.4) is 0 Å². The number of benzene rings is 1. The lowest BCUT2D eigenvalue weighted by Gasteiger charge is -2.32. The third kappa shape index (κ3) is 4.27. The van der Waals surface area contributed by atoms with Gasteiger partial charge in [-0.1, -0.05) is 29.4 Å². The first-order valence-corrected chi connectivity index (χ1v) is 10.6. The van der Waals surface area contributed by atoms with Gasteiger partial charge in [0.1, 0.15) is 0 Å². The van der Waals surface area contributed by atoms with Crippen molar-refractivity contribution < 1.29 is 8.42 Å². The summed E-state index contributed by atoms with van der Waals surface area (Å²) in [5.74, 6) is 0. The maximum Gasteiger partial charge on any atom is 0.263 e. The predicted molar refractivity (Wildman–Crippen MR) is 98.1 cm³/mol. The van der Waals surface area contributed by atoms with Gasteiger partial charge in [0.05, 0.1) is 4.90 Å². The number of nitrogens with one attached hydrogen (secondary N) is 1. The fraction of sp³-hybridized carbons (Fsp3) is 0.438. The summed E-state index contributed by atoms with van der Waals surface area (Å²) in [6.07, 6.45) is 5.48. The van der Waals surface area contributed by atoms with Crippen molar-refractivity contribution in [2.24, 2.45) is 0 Å². The van der Waals surface area contributed by atoms with Crippen LogP contribution in [0.5, 0.6) is 0 Å². The minimum Gasteiger partial charge on any atom is -0.296 e. The number of rotatable bonds is 5. The number of halogens is 1. The number of nitrogens with zero attached hydrogens (tertiary/aromatic N) is 2. The molecule has 0 bridgehead atoms. The van der Waals surface area contributed by atoms with Gasteiger partial charge in [-0.05, 0) is 50.6 Å². The zero-order valence-electron chi connectivity index (χ0n) is 13.4. The molecule has 8 heteroatoms. The zero-order valence-corrected chi connectivity index (χ0v) is 15.8. The maximum absolute atomic E-state index is 12.4. The number of sulfonamides is 1. The van der Waals surface area contributed by atoms with Gasteiger partial charge < -0.3 is 0 Å². The van der Waals surface area contributed by atoms with E-state index in [1.807, 2.05) is 0 Å². The summed E-state index contributed by atoms with van der Waals surface area (Å²) in [6, 6.07) is 6.64. The van der Waals surface area contributed by atoms with Crippen molar-refractivity contribution in [3.8, 4) is 0 Å². The largest absolute Gasteiger partial charge is 0.296 e. The van der Waals surface area contributed by atoms with E-state index in [-0.39, 0.29) is 4.90 Å². The van der Waals surface area contributed by atoms with Crippen molar-refractivity contribution in [1.82, 2.24) is 9.88 Å². The van der Waals surface area contributed by atoms with Crippen LogP contribution in [0.25, 0.3) is 0 Å². The molecule has 1 N–H and O–H groups in total. The summed E-state index contributed by atoms with van der Waals surface area (Å²) in [7, 11) is -3.63. The summed E-state index contributed by atoms with van der Waals surface area (Å²) >= 11 is 7.18. The number of piperidine rings is 1. The van der Waals surface area contributed by atoms with E-state index in [2.05, 4.69) is 21.5 Å². The van der Waals surface area contributed by atoms with Gasteiger partial charge in [-0.2, -0.15) is 0 Å². The van der Waals surface area contributed by atoms with Crippen LogP contribution in [0, 0.1) is 0 Å². The van der Waals surface area contributed by atoms with Crippen LogP contribution in [0.1, 0.15) is 31.1 Å². The van der Waals surface area contributed by atoms with E-state index in [9.17, 15) is 8.42 Å². The molecule has 1 aromatic heterocycles. The normalized spacial score (nSPS) is 19.3. The molecular weight excluding hydrogens is 366 g/mol. The predicted octanol–water partition coefficient (Wildman–Crippen LogP) is 3.97. The fourth-order valence-electron chi connectivity index (χ4n) is 2.81. The van der Waals surface area contributed by atoms with Gasteiger partial charge in [-0.15, -0.1) is 0 Å². The van der Waals surface area contributed by atoms with Crippen molar-refractivity contribution in [3.05, 3.63) is 40.4 Å². The lowest BCUT2D eigenvalue weighted by Crippen LogP contribution is -2.36. The Bertz CT molecular complexity index is 790. The highest BCUT2D eigenvalue weighted by Crippen LogP contribution is 2.26. The standard InChI is InChI=1S/C16H20ClN3O2S2/c1-12-4-2-3-9-20(12)11-14-10-18-16(23-14)19-24(21,22)15-7-5-13(17)6-8-15/h5-8,10,12H,2-4,9,11H2,1H3,(H,18,19). The first-order valence-electron chi connectivity index (χ1n) is 7.91. The molecule has 0 aliphatic carbocycles. The Labute approximate surface area is 151 Å². The molecule has 1 unspecified atom stereocenters. The Kier molecular flexibility index (Phi) is 5.44. The van der Waals surface area contributed by atoms with Crippen LogP contribution in [0.15, 0.2) is 35.4 Å². The van der Waals surface area contributed by atoms with E-state index in [1.165, 1.54) is 42.7 Å². The van der Waals surface area contributed by atoms with Crippen molar-refractivity contribution in [2.75, 3.05) is 11.3 Å². The van der Waals surface area contributed by atoms with E-state index in [1.54, 1.807) is 18.3 Å². The second kappa shape index (κ2) is 7.39. The molecule has 1 saturated heterocycles. The van der Waals surface area contributed by atoms with E-state index in [4.69, 9.17) is 11.6 Å². The lowest BCUT2D eigenvalue weighted by molar-refractivity contribution is 0.154. The van der Waals surface area contributed by atoms with Crippen LogP contribution in [-0.4, -0.2) is 30.9 Å². The van der Waals surface area contributed by atoms with Crippen molar-refractivity contribution >= 4 is 38.1 Å². The van der Waals surface area contributed by atoms with Gasteiger partial charge in [0, 0.05) is 28.7 Å². The van der Waals surface area contributed by atoms with Crippen molar-refractivity contribution in [2.45, 2.75) is 43.7 Å². The van der Waals surface area contributed by atoms with Crippen molar-refractivity contribution in [1.29, 1.82) is 0 Å². The molecule has 2 heterocycles. The summed E-state index contributed by atoms with van der Waals surface area (Å²) in [4.78, 5) is 7.88. The first kappa shape index (κ1) is 17.7. The third-order valence-corrected chi connectivity index (χ3v) is 6.83. The minimum atomic E-state index is -3.63. The average molecular weight is 386 g/mol. The summed E-state index contributed by atoms with van der Waals surface area (Å²) < 4.78 is 27.3. The number of hydrogen-bond donors (Lipinski definition) is 1. The molecular formula is C16H20ClN3O2S2. The molecule has 24 heavy (non-hydrogen) atoms. The monoisotopic (exact) mass is 385 g/mol. The number of thiazole rings is 1. The molecule has 0 saturated carbocycles. The number of hydrogen-bond acceptors (Lipinski definition) is 5. The summed E-state index contributed by atoms with van der Waals surface area (Å²) in [5.41, 5.74) is 0. The highest BCUT2D eigenvalue weighted by molar-refractivity contribution is 7.93. The lowest BCUT2D eigenvalue weighted by atomic mass is 10.0. The van der Waals surface area contributed by atoms with Crippen LogP contribution < -0.4 is 4.72 Å². The van der Waals surface area contributed by atoms with Gasteiger partial charge in [0.25, 0.3) is 10.0 Å². The smallest absolute Gasteiger partial charge is 0.263 e. The highest BCUT2D eigenvalue weighted by atomic mass is 35.5. The quantitative estimate of drug-likeness (QED) is 0.845. The van der Waals surface area contributed by atoms with Gasteiger partial charge in [0.2, 0.25) is 0 Å². The Morgan fingerprint density at radius 1 is 1.33 bits per heavy atom. The molecule has 1 fully saturated rings. The van der Waals surface area contributed by atoms with Gasteiger partial charge in [0.15, 0.2) is 5.13 Å². The Morgan fingerprint density at radius 2 is 2.08 bits per heavy atom. The Morgan fingerprint density at radius 3 is 2.79 bits per heavy atom. The highest BCUT2D eigenvalue weighted by Gasteiger charge is 2.20. The summed E-state index contributed by atoms with van der Waals surface area (Å²) in [6.45, 7) is 4.15. The van der Waals surface area contributed by atoms with E-state index in [0.29, 0.717) is 16.2 Å². The Balaban J connectivity index is 1.68. The zero-order chi connectivity index (χ0) is 17.2. The number of likely N-dealkylation sites (tertiary alicyclic amines) is 1.